The standard InChI is InChI=1S/C27H25N5O4/c1-27(2)12-17(33)22-20(13-27)36-26-23(21(22)16-5-6-18(34-3)19(11-16)35-4)25-30-24(31-32(25)14-29-26)15-7-9-28-10-8-15/h5-11,14,21H,12-13H2,1-4H3/t21-/m0/s1. The lowest BCUT2D eigenvalue weighted by Gasteiger charge is -2.37. The number of nitrogens with zero attached hydrogens (tertiary/aromatic N) is 5. The van der Waals surface area contributed by atoms with Crippen LogP contribution in [0.5, 0.6) is 17.4 Å². The highest BCUT2D eigenvalue weighted by Crippen LogP contribution is 2.51. The minimum absolute atomic E-state index is 0.0579. The summed E-state index contributed by atoms with van der Waals surface area (Å²) in [5, 5.41) is 4.64. The Hall–Kier alpha value is -4.27. The molecule has 1 atom stereocenters. The lowest BCUT2D eigenvalue weighted by Crippen LogP contribution is -2.33. The Bertz CT molecular complexity index is 1540. The Labute approximate surface area is 207 Å². The highest BCUT2D eigenvalue weighted by atomic mass is 16.5. The molecule has 9 nitrogen and oxygen atoms in total. The first-order valence-corrected chi connectivity index (χ1v) is 11.7. The van der Waals surface area contributed by atoms with E-state index in [1.807, 2.05) is 30.3 Å². The molecule has 6 rings (SSSR count). The molecule has 0 saturated heterocycles. The third-order valence-corrected chi connectivity index (χ3v) is 6.74. The normalized spacial score (nSPS) is 18.4. The van der Waals surface area contributed by atoms with Crippen molar-refractivity contribution < 1.29 is 19.0 Å². The number of fused-ring (bicyclic) bond motifs is 3. The molecular formula is C27H25N5O4. The van der Waals surface area contributed by atoms with Crippen LogP contribution in [-0.4, -0.2) is 44.6 Å². The Kier molecular flexibility index (Phi) is 5.03. The largest absolute Gasteiger partial charge is 0.493 e. The van der Waals surface area contributed by atoms with E-state index in [9.17, 15) is 4.79 Å². The first-order chi connectivity index (χ1) is 17.4. The molecule has 182 valence electrons. The van der Waals surface area contributed by atoms with Gasteiger partial charge in [-0.1, -0.05) is 19.9 Å². The number of hydrogen-bond donors (Lipinski definition) is 0. The van der Waals surface area contributed by atoms with Crippen LogP contribution in [-0.2, 0) is 4.79 Å². The molecule has 0 radical (unpaired) electrons. The van der Waals surface area contributed by atoms with Crippen LogP contribution in [0.15, 0.2) is 60.4 Å². The zero-order chi connectivity index (χ0) is 25.0. The minimum atomic E-state index is -0.446. The molecule has 0 saturated carbocycles. The number of allylic oxidation sites excluding steroid dienone is 2. The van der Waals surface area contributed by atoms with Crippen LogP contribution >= 0.6 is 0 Å². The fraction of sp³-hybridized carbons (Fsp3) is 0.296. The quantitative estimate of drug-likeness (QED) is 0.422. The van der Waals surface area contributed by atoms with Crippen LogP contribution < -0.4 is 14.2 Å². The van der Waals surface area contributed by atoms with Gasteiger partial charge in [0.25, 0.3) is 0 Å². The Morgan fingerprint density at radius 3 is 2.58 bits per heavy atom. The van der Waals surface area contributed by atoms with Crippen molar-refractivity contribution in [2.24, 2.45) is 5.41 Å². The van der Waals surface area contributed by atoms with E-state index < -0.39 is 5.92 Å². The molecule has 1 aromatic carbocycles. The summed E-state index contributed by atoms with van der Waals surface area (Å²) in [4.78, 5) is 27.1. The van der Waals surface area contributed by atoms with Gasteiger partial charge in [-0.15, -0.1) is 5.10 Å². The average molecular weight is 484 g/mol. The molecule has 0 amide bonds. The predicted octanol–water partition coefficient (Wildman–Crippen LogP) is 4.37. The molecule has 0 bridgehead atoms. The topological polar surface area (TPSA) is 101 Å². The Balaban J connectivity index is 1.61. The number of ether oxygens (including phenoxy) is 3. The van der Waals surface area contributed by atoms with Crippen molar-refractivity contribution in [2.75, 3.05) is 14.2 Å². The van der Waals surface area contributed by atoms with E-state index in [0.717, 1.165) is 11.1 Å². The maximum Gasteiger partial charge on any atom is 0.228 e. The molecule has 0 N–H and O–H groups in total. The van der Waals surface area contributed by atoms with Gasteiger partial charge in [0.15, 0.2) is 28.8 Å². The maximum absolute atomic E-state index is 13.6. The SMILES string of the molecule is COc1ccc([C@H]2C3=C(CC(C)(C)CC3=O)Oc3ncn4nc(-c5ccncc5)nc4c32)cc1OC. The van der Waals surface area contributed by atoms with E-state index >= 15 is 0 Å². The summed E-state index contributed by atoms with van der Waals surface area (Å²) in [6.45, 7) is 4.16. The molecule has 9 heteroatoms. The van der Waals surface area contributed by atoms with Gasteiger partial charge < -0.3 is 14.2 Å². The number of methoxy groups -OCH3 is 2. The fourth-order valence-corrected chi connectivity index (χ4v) is 5.13. The van der Waals surface area contributed by atoms with Crippen molar-refractivity contribution in [2.45, 2.75) is 32.6 Å². The van der Waals surface area contributed by atoms with Crippen molar-refractivity contribution in [3.8, 4) is 28.8 Å². The monoisotopic (exact) mass is 483 g/mol. The van der Waals surface area contributed by atoms with Gasteiger partial charge in [-0.05, 0) is 35.2 Å². The summed E-state index contributed by atoms with van der Waals surface area (Å²) < 4.78 is 19.0. The number of carbonyl (C=O) groups is 1. The van der Waals surface area contributed by atoms with Crippen LogP contribution in [0, 0.1) is 5.41 Å². The van der Waals surface area contributed by atoms with E-state index in [0.29, 0.717) is 58.6 Å². The van der Waals surface area contributed by atoms with E-state index in [1.54, 1.807) is 37.5 Å². The maximum atomic E-state index is 13.6. The summed E-state index contributed by atoms with van der Waals surface area (Å²) in [5.41, 5.74) is 3.40. The second kappa shape index (κ2) is 8.15. The summed E-state index contributed by atoms with van der Waals surface area (Å²) in [7, 11) is 3.19. The van der Waals surface area contributed by atoms with Crippen LogP contribution in [0.4, 0.5) is 0 Å². The molecule has 36 heavy (non-hydrogen) atoms. The molecular weight excluding hydrogens is 458 g/mol. The van der Waals surface area contributed by atoms with E-state index in [2.05, 4.69) is 28.9 Å². The second-order valence-electron chi connectivity index (χ2n) is 9.83. The predicted molar refractivity (Wildman–Crippen MR) is 131 cm³/mol. The summed E-state index contributed by atoms with van der Waals surface area (Å²) in [6.07, 6.45) is 6.06. The van der Waals surface area contributed by atoms with Gasteiger partial charge >= 0.3 is 0 Å². The molecule has 0 unspecified atom stereocenters. The first-order valence-electron chi connectivity index (χ1n) is 11.7. The van der Waals surface area contributed by atoms with Crippen LogP contribution in [0.1, 0.15) is 43.7 Å². The fourth-order valence-electron chi connectivity index (χ4n) is 5.13. The van der Waals surface area contributed by atoms with Crippen LogP contribution in [0.25, 0.3) is 17.0 Å². The molecule has 1 aliphatic carbocycles. The summed E-state index contributed by atoms with van der Waals surface area (Å²) in [6, 6.07) is 9.40. The van der Waals surface area contributed by atoms with Crippen molar-refractivity contribution in [3.63, 3.8) is 0 Å². The Morgan fingerprint density at radius 1 is 1.06 bits per heavy atom. The lowest BCUT2D eigenvalue weighted by molar-refractivity contribution is -0.118. The van der Waals surface area contributed by atoms with Crippen LogP contribution in [0.2, 0.25) is 0 Å². The second-order valence-corrected chi connectivity index (χ2v) is 9.83. The molecule has 4 aromatic rings. The van der Waals surface area contributed by atoms with Gasteiger partial charge in [-0.25, -0.2) is 14.5 Å². The number of carbonyl (C=O) groups excluding carboxylic acids is 1. The minimum Gasteiger partial charge on any atom is -0.493 e. The number of aromatic nitrogens is 5. The number of hydrogen-bond acceptors (Lipinski definition) is 8. The number of benzene rings is 1. The number of ketones is 1. The molecule has 1 aliphatic heterocycles. The molecule has 0 spiro atoms. The van der Waals surface area contributed by atoms with Crippen molar-refractivity contribution >= 4 is 11.4 Å². The van der Waals surface area contributed by atoms with Crippen molar-refractivity contribution in [1.29, 1.82) is 0 Å². The van der Waals surface area contributed by atoms with Gasteiger partial charge in [0.1, 0.15) is 12.1 Å². The average Bonchev–Trinajstić information content (AvgIpc) is 3.31. The zero-order valence-electron chi connectivity index (χ0n) is 20.5. The molecule has 2 aliphatic rings. The van der Waals surface area contributed by atoms with E-state index in [4.69, 9.17) is 19.2 Å². The number of Topliss-reactive ketones (excluding diaryl/α,β-unsaturated/α-hetero) is 1. The van der Waals surface area contributed by atoms with Crippen LogP contribution in [0.3, 0.4) is 0 Å². The molecule has 0 fully saturated rings. The Morgan fingerprint density at radius 2 is 1.83 bits per heavy atom. The summed E-state index contributed by atoms with van der Waals surface area (Å²) in [5.74, 6) is 2.43. The molecule has 3 aromatic heterocycles. The van der Waals surface area contributed by atoms with Gasteiger partial charge in [0, 0.05) is 36.4 Å². The van der Waals surface area contributed by atoms with E-state index in [-0.39, 0.29) is 11.2 Å². The van der Waals surface area contributed by atoms with Gasteiger partial charge in [0.05, 0.1) is 25.7 Å². The first kappa shape index (κ1) is 22.2. The van der Waals surface area contributed by atoms with Gasteiger partial charge in [0.2, 0.25) is 5.88 Å². The highest BCUT2D eigenvalue weighted by Gasteiger charge is 2.44. The highest BCUT2D eigenvalue weighted by molar-refractivity contribution is 6.00. The zero-order valence-corrected chi connectivity index (χ0v) is 20.5. The van der Waals surface area contributed by atoms with E-state index in [1.165, 1.54) is 0 Å². The summed E-state index contributed by atoms with van der Waals surface area (Å²) >= 11 is 0. The molecule has 4 heterocycles. The number of pyridine rings is 1. The lowest BCUT2D eigenvalue weighted by atomic mass is 9.70. The smallest absolute Gasteiger partial charge is 0.228 e. The third-order valence-electron chi connectivity index (χ3n) is 6.74. The number of rotatable bonds is 4. The van der Waals surface area contributed by atoms with Gasteiger partial charge in [-0.3, -0.25) is 9.78 Å². The third kappa shape index (κ3) is 3.50. The van der Waals surface area contributed by atoms with Crippen molar-refractivity contribution in [1.82, 2.24) is 24.6 Å². The van der Waals surface area contributed by atoms with Gasteiger partial charge in [-0.2, -0.15) is 0 Å². The van der Waals surface area contributed by atoms with Crippen molar-refractivity contribution in [3.05, 3.63) is 71.5 Å².